The minimum Gasteiger partial charge on any atom is -0.375 e. The molecule has 2 rings (SSSR count). The molecule has 3 unspecified atom stereocenters. The van der Waals surface area contributed by atoms with E-state index in [1.54, 1.807) is 0 Å². The maximum absolute atomic E-state index is 12.2. The van der Waals surface area contributed by atoms with Crippen LogP contribution in [0.2, 0.25) is 0 Å². The molecular formula is C13H23NO2. The summed E-state index contributed by atoms with van der Waals surface area (Å²) in [4.78, 5) is 12.2. The maximum atomic E-state index is 12.2. The van der Waals surface area contributed by atoms with E-state index in [0.717, 1.165) is 32.3 Å². The van der Waals surface area contributed by atoms with E-state index in [2.05, 4.69) is 0 Å². The summed E-state index contributed by atoms with van der Waals surface area (Å²) in [5.41, 5.74) is 5.87. The summed E-state index contributed by atoms with van der Waals surface area (Å²) in [6.45, 7) is 4.62. The molecule has 1 heterocycles. The summed E-state index contributed by atoms with van der Waals surface area (Å²) in [5.74, 6) is 0.528. The number of carbonyl (C=O) groups is 1. The van der Waals surface area contributed by atoms with E-state index in [0.29, 0.717) is 5.78 Å². The number of carbonyl (C=O) groups excluding carboxylic acids is 1. The number of ketones is 1. The molecular weight excluding hydrogens is 202 g/mol. The summed E-state index contributed by atoms with van der Waals surface area (Å²) in [5, 5.41) is 0. The van der Waals surface area contributed by atoms with Crippen LogP contribution in [0.1, 0.15) is 46.0 Å². The first-order valence-corrected chi connectivity index (χ1v) is 6.47. The number of hydrogen-bond acceptors (Lipinski definition) is 3. The van der Waals surface area contributed by atoms with Crippen LogP contribution in [0, 0.1) is 11.8 Å². The van der Waals surface area contributed by atoms with Crippen molar-refractivity contribution in [3.05, 3.63) is 0 Å². The SMILES string of the molecule is CC(N)C(C)C(=O)C1CCOC2(CCC2)C1. The molecule has 3 heteroatoms. The average molecular weight is 225 g/mol. The van der Waals surface area contributed by atoms with Crippen LogP contribution in [-0.4, -0.2) is 24.0 Å². The highest BCUT2D eigenvalue weighted by molar-refractivity contribution is 5.83. The van der Waals surface area contributed by atoms with Gasteiger partial charge in [-0.05, 0) is 39.0 Å². The predicted molar refractivity (Wildman–Crippen MR) is 63.1 cm³/mol. The van der Waals surface area contributed by atoms with Crippen molar-refractivity contribution in [2.45, 2.75) is 57.6 Å². The molecule has 3 nitrogen and oxygen atoms in total. The highest BCUT2D eigenvalue weighted by Crippen LogP contribution is 2.44. The number of hydrogen-bond donors (Lipinski definition) is 1. The van der Waals surface area contributed by atoms with Gasteiger partial charge in [0.1, 0.15) is 5.78 Å². The first kappa shape index (κ1) is 12.1. The Morgan fingerprint density at radius 2 is 2.12 bits per heavy atom. The Kier molecular flexibility index (Phi) is 3.36. The van der Waals surface area contributed by atoms with Crippen LogP contribution in [-0.2, 0) is 9.53 Å². The summed E-state index contributed by atoms with van der Waals surface area (Å²) in [6, 6.07) is -0.0346. The van der Waals surface area contributed by atoms with E-state index in [1.807, 2.05) is 13.8 Å². The van der Waals surface area contributed by atoms with E-state index in [4.69, 9.17) is 10.5 Å². The zero-order valence-electron chi connectivity index (χ0n) is 10.4. The average Bonchev–Trinajstić information content (AvgIpc) is 2.25. The summed E-state index contributed by atoms with van der Waals surface area (Å²) >= 11 is 0. The van der Waals surface area contributed by atoms with Crippen LogP contribution in [0.3, 0.4) is 0 Å². The topological polar surface area (TPSA) is 52.3 Å². The molecule has 1 aliphatic carbocycles. The second-order valence-corrected chi connectivity index (χ2v) is 5.62. The molecule has 1 aliphatic heterocycles. The fourth-order valence-corrected chi connectivity index (χ4v) is 2.82. The fourth-order valence-electron chi connectivity index (χ4n) is 2.82. The van der Waals surface area contributed by atoms with Gasteiger partial charge in [0.25, 0.3) is 0 Å². The van der Waals surface area contributed by atoms with Crippen molar-refractivity contribution in [2.24, 2.45) is 17.6 Å². The standard InChI is InChI=1S/C13H23NO2/c1-9(10(2)14)12(15)11-4-7-16-13(8-11)5-3-6-13/h9-11H,3-8,14H2,1-2H3. The largest absolute Gasteiger partial charge is 0.375 e. The van der Waals surface area contributed by atoms with Gasteiger partial charge in [0.2, 0.25) is 0 Å². The van der Waals surface area contributed by atoms with Gasteiger partial charge in [-0.3, -0.25) is 4.79 Å². The van der Waals surface area contributed by atoms with Crippen molar-refractivity contribution in [3.8, 4) is 0 Å². The number of rotatable bonds is 3. The highest BCUT2D eigenvalue weighted by Gasteiger charge is 2.44. The lowest BCUT2D eigenvalue weighted by Gasteiger charge is -2.47. The van der Waals surface area contributed by atoms with Crippen LogP contribution >= 0.6 is 0 Å². The number of Topliss-reactive ketones (excluding diaryl/α,β-unsaturated/α-hetero) is 1. The third-order valence-corrected chi connectivity index (χ3v) is 4.40. The molecule has 0 radical (unpaired) electrons. The lowest BCUT2D eigenvalue weighted by molar-refractivity contribution is -0.157. The molecule has 0 bridgehead atoms. The van der Waals surface area contributed by atoms with Gasteiger partial charge in [0.05, 0.1) is 5.60 Å². The fraction of sp³-hybridized carbons (Fsp3) is 0.923. The van der Waals surface area contributed by atoms with Gasteiger partial charge in [-0.1, -0.05) is 6.92 Å². The van der Waals surface area contributed by atoms with E-state index in [-0.39, 0.29) is 23.5 Å². The van der Waals surface area contributed by atoms with Crippen LogP contribution in [0.25, 0.3) is 0 Å². The minimum absolute atomic E-state index is 0.0137. The smallest absolute Gasteiger partial charge is 0.140 e. The van der Waals surface area contributed by atoms with E-state index >= 15 is 0 Å². The van der Waals surface area contributed by atoms with Crippen LogP contribution in [0.4, 0.5) is 0 Å². The summed E-state index contributed by atoms with van der Waals surface area (Å²) in [6.07, 6.45) is 5.36. The molecule has 2 fully saturated rings. The second-order valence-electron chi connectivity index (χ2n) is 5.62. The van der Waals surface area contributed by atoms with Gasteiger partial charge in [-0.2, -0.15) is 0 Å². The first-order valence-electron chi connectivity index (χ1n) is 6.47. The van der Waals surface area contributed by atoms with E-state index in [1.165, 1.54) is 6.42 Å². The lowest BCUT2D eigenvalue weighted by Crippen LogP contribution is -2.48. The molecule has 0 aromatic rings. The maximum Gasteiger partial charge on any atom is 0.140 e. The van der Waals surface area contributed by atoms with Crippen molar-refractivity contribution in [1.29, 1.82) is 0 Å². The van der Waals surface area contributed by atoms with E-state index in [9.17, 15) is 4.79 Å². The van der Waals surface area contributed by atoms with Crippen molar-refractivity contribution in [1.82, 2.24) is 0 Å². The van der Waals surface area contributed by atoms with Gasteiger partial charge in [-0.25, -0.2) is 0 Å². The minimum atomic E-state index is -0.0346. The Hall–Kier alpha value is -0.410. The van der Waals surface area contributed by atoms with Gasteiger partial charge >= 0.3 is 0 Å². The van der Waals surface area contributed by atoms with E-state index < -0.39 is 0 Å². The molecule has 1 saturated heterocycles. The molecule has 1 spiro atoms. The first-order chi connectivity index (χ1) is 7.54. The Labute approximate surface area is 97.7 Å². The second kappa shape index (κ2) is 4.46. The zero-order chi connectivity index (χ0) is 11.8. The highest BCUT2D eigenvalue weighted by atomic mass is 16.5. The summed E-state index contributed by atoms with van der Waals surface area (Å²) < 4.78 is 5.84. The molecule has 1 saturated carbocycles. The van der Waals surface area contributed by atoms with Crippen LogP contribution in [0.5, 0.6) is 0 Å². The van der Waals surface area contributed by atoms with Crippen molar-refractivity contribution >= 4 is 5.78 Å². The van der Waals surface area contributed by atoms with Gasteiger partial charge in [0.15, 0.2) is 0 Å². The molecule has 0 amide bonds. The summed E-state index contributed by atoms with van der Waals surface area (Å²) in [7, 11) is 0. The third kappa shape index (κ3) is 2.16. The van der Waals surface area contributed by atoms with Gasteiger partial charge in [0, 0.05) is 24.5 Å². The molecule has 0 aromatic carbocycles. The molecule has 2 aliphatic rings. The molecule has 0 aromatic heterocycles. The van der Waals surface area contributed by atoms with Gasteiger partial charge < -0.3 is 10.5 Å². The number of ether oxygens (including phenoxy) is 1. The van der Waals surface area contributed by atoms with Crippen molar-refractivity contribution in [2.75, 3.05) is 6.61 Å². The Morgan fingerprint density at radius 1 is 1.44 bits per heavy atom. The predicted octanol–water partition coefficient (Wildman–Crippen LogP) is 1.89. The molecule has 3 atom stereocenters. The molecule has 16 heavy (non-hydrogen) atoms. The Balaban J connectivity index is 1.96. The van der Waals surface area contributed by atoms with Crippen molar-refractivity contribution in [3.63, 3.8) is 0 Å². The molecule has 2 N–H and O–H groups in total. The zero-order valence-corrected chi connectivity index (χ0v) is 10.4. The normalized spacial score (nSPS) is 31.8. The quantitative estimate of drug-likeness (QED) is 0.798. The monoisotopic (exact) mass is 225 g/mol. The van der Waals surface area contributed by atoms with Crippen LogP contribution in [0.15, 0.2) is 0 Å². The lowest BCUT2D eigenvalue weighted by atomic mass is 9.70. The number of nitrogens with two attached hydrogens (primary N) is 1. The van der Waals surface area contributed by atoms with Gasteiger partial charge in [-0.15, -0.1) is 0 Å². The Morgan fingerprint density at radius 3 is 2.62 bits per heavy atom. The molecule has 92 valence electrons. The van der Waals surface area contributed by atoms with Crippen LogP contribution < -0.4 is 5.73 Å². The third-order valence-electron chi connectivity index (χ3n) is 4.40. The van der Waals surface area contributed by atoms with Crippen molar-refractivity contribution < 1.29 is 9.53 Å². The Bertz CT molecular complexity index is 271.